The van der Waals surface area contributed by atoms with Crippen LogP contribution in [0.25, 0.3) is 17.1 Å². The second kappa shape index (κ2) is 7.29. The molecule has 3 aromatic rings. The van der Waals surface area contributed by atoms with Crippen LogP contribution in [0.15, 0.2) is 53.7 Å². The molecule has 1 amide bonds. The minimum absolute atomic E-state index is 0.396. The van der Waals surface area contributed by atoms with E-state index in [4.69, 9.17) is 17.3 Å². The number of benzene rings is 2. The maximum Gasteiger partial charge on any atom is 0.230 e. The minimum Gasteiger partial charge on any atom is -0.369 e. The molecule has 25 heavy (non-hydrogen) atoms. The van der Waals surface area contributed by atoms with Crippen molar-refractivity contribution >= 4 is 29.3 Å². The number of nitrogens with two attached hydrogens (primary N) is 1. The number of carbonyl (C=O) groups is 1. The highest BCUT2D eigenvalue weighted by molar-refractivity contribution is 8.00. The van der Waals surface area contributed by atoms with Crippen LogP contribution in [-0.2, 0) is 4.79 Å². The molecule has 0 saturated carbocycles. The standard InChI is InChI=1S/C18H17ClN4OS/c1-11-3-5-13(6-4-11)17-21-22-18(25-12(2)16(20)24)23(17)15-9-7-14(19)8-10-15/h3-10,12H,1-2H3,(H2,20,24)/t12-/m1/s1. The lowest BCUT2D eigenvalue weighted by atomic mass is 10.1. The fourth-order valence-electron chi connectivity index (χ4n) is 2.27. The van der Waals surface area contributed by atoms with Gasteiger partial charge < -0.3 is 5.73 Å². The van der Waals surface area contributed by atoms with Crippen LogP contribution in [0.5, 0.6) is 0 Å². The fourth-order valence-corrected chi connectivity index (χ4v) is 3.22. The van der Waals surface area contributed by atoms with E-state index in [1.165, 1.54) is 17.3 Å². The molecule has 2 N–H and O–H groups in total. The Kier molecular flexibility index (Phi) is 5.11. The molecule has 128 valence electrons. The van der Waals surface area contributed by atoms with E-state index in [0.29, 0.717) is 16.0 Å². The lowest BCUT2D eigenvalue weighted by molar-refractivity contribution is -0.117. The van der Waals surface area contributed by atoms with Crippen molar-refractivity contribution in [2.24, 2.45) is 5.73 Å². The van der Waals surface area contributed by atoms with Crippen molar-refractivity contribution in [3.63, 3.8) is 0 Å². The average Bonchev–Trinajstić information content (AvgIpc) is 2.99. The number of nitrogens with zero attached hydrogens (tertiary/aromatic N) is 3. The first-order valence-electron chi connectivity index (χ1n) is 7.70. The highest BCUT2D eigenvalue weighted by Gasteiger charge is 2.20. The Hall–Kier alpha value is -2.31. The van der Waals surface area contributed by atoms with E-state index in [1.807, 2.05) is 60.0 Å². The zero-order valence-electron chi connectivity index (χ0n) is 13.8. The monoisotopic (exact) mass is 372 g/mol. The predicted molar refractivity (Wildman–Crippen MR) is 101 cm³/mol. The van der Waals surface area contributed by atoms with Crippen LogP contribution in [-0.4, -0.2) is 25.9 Å². The summed E-state index contributed by atoms with van der Waals surface area (Å²) < 4.78 is 1.91. The SMILES string of the molecule is Cc1ccc(-c2nnc(S[C@H](C)C(N)=O)n2-c2ccc(Cl)cc2)cc1. The zero-order valence-corrected chi connectivity index (χ0v) is 15.4. The Bertz CT molecular complexity index is 890. The van der Waals surface area contributed by atoms with E-state index < -0.39 is 11.2 Å². The van der Waals surface area contributed by atoms with E-state index in [9.17, 15) is 4.79 Å². The highest BCUT2D eigenvalue weighted by atomic mass is 35.5. The molecule has 0 unspecified atom stereocenters. The van der Waals surface area contributed by atoms with Gasteiger partial charge in [-0.1, -0.05) is 53.2 Å². The van der Waals surface area contributed by atoms with Gasteiger partial charge in [0.2, 0.25) is 5.91 Å². The van der Waals surface area contributed by atoms with Crippen molar-refractivity contribution in [1.82, 2.24) is 14.8 Å². The zero-order chi connectivity index (χ0) is 18.0. The summed E-state index contributed by atoms with van der Waals surface area (Å²) in [6.07, 6.45) is 0. The second-order valence-electron chi connectivity index (χ2n) is 5.65. The van der Waals surface area contributed by atoms with Gasteiger partial charge in [0.15, 0.2) is 11.0 Å². The topological polar surface area (TPSA) is 73.8 Å². The summed E-state index contributed by atoms with van der Waals surface area (Å²) in [5.74, 6) is 0.300. The molecule has 0 radical (unpaired) electrons. The molecule has 0 spiro atoms. The molecule has 3 rings (SSSR count). The minimum atomic E-state index is -0.416. The van der Waals surface area contributed by atoms with Crippen LogP contribution in [0, 0.1) is 6.92 Å². The number of halogens is 1. The molecule has 7 heteroatoms. The van der Waals surface area contributed by atoms with Crippen molar-refractivity contribution in [1.29, 1.82) is 0 Å². The molecule has 0 aliphatic rings. The molecule has 0 bridgehead atoms. The Labute approximate surface area is 155 Å². The van der Waals surface area contributed by atoms with Gasteiger partial charge in [-0.2, -0.15) is 0 Å². The molecule has 5 nitrogen and oxygen atoms in total. The lowest BCUT2D eigenvalue weighted by Gasteiger charge is -2.12. The second-order valence-corrected chi connectivity index (χ2v) is 7.39. The smallest absolute Gasteiger partial charge is 0.230 e. The summed E-state index contributed by atoms with van der Waals surface area (Å²) in [6.45, 7) is 3.78. The lowest BCUT2D eigenvalue weighted by Crippen LogP contribution is -2.23. The third-order valence-electron chi connectivity index (χ3n) is 3.71. The van der Waals surface area contributed by atoms with Gasteiger partial charge in [0.1, 0.15) is 0 Å². The van der Waals surface area contributed by atoms with Crippen LogP contribution in [0.2, 0.25) is 5.02 Å². The largest absolute Gasteiger partial charge is 0.369 e. The molecule has 0 aliphatic heterocycles. The number of rotatable bonds is 5. The maximum absolute atomic E-state index is 11.4. The van der Waals surface area contributed by atoms with E-state index in [-0.39, 0.29) is 0 Å². The van der Waals surface area contributed by atoms with Crippen LogP contribution in [0.1, 0.15) is 12.5 Å². The normalized spacial score (nSPS) is 12.1. The van der Waals surface area contributed by atoms with Gasteiger partial charge in [0.25, 0.3) is 0 Å². The number of thioether (sulfide) groups is 1. The van der Waals surface area contributed by atoms with Gasteiger partial charge >= 0.3 is 0 Å². The summed E-state index contributed by atoms with van der Waals surface area (Å²) in [5.41, 5.74) is 8.36. The van der Waals surface area contributed by atoms with Gasteiger partial charge in [-0.15, -0.1) is 10.2 Å². The molecule has 0 aliphatic carbocycles. The molecule has 1 heterocycles. The highest BCUT2D eigenvalue weighted by Crippen LogP contribution is 2.30. The Morgan fingerprint density at radius 3 is 2.36 bits per heavy atom. The van der Waals surface area contributed by atoms with Crippen molar-refractivity contribution in [2.75, 3.05) is 0 Å². The number of hydrogen-bond donors (Lipinski definition) is 1. The first-order valence-corrected chi connectivity index (χ1v) is 8.96. The van der Waals surface area contributed by atoms with E-state index in [1.54, 1.807) is 6.92 Å². The Morgan fingerprint density at radius 1 is 1.12 bits per heavy atom. The summed E-state index contributed by atoms with van der Waals surface area (Å²) >= 11 is 7.28. The van der Waals surface area contributed by atoms with Gasteiger partial charge in [0.05, 0.1) is 5.25 Å². The van der Waals surface area contributed by atoms with Crippen LogP contribution >= 0.6 is 23.4 Å². The number of carbonyl (C=O) groups excluding carboxylic acids is 1. The Morgan fingerprint density at radius 2 is 1.76 bits per heavy atom. The number of primary amides is 1. The number of amides is 1. The van der Waals surface area contributed by atoms with Crippen molar-refractivity contribution < 1.29 is 4.79 Å². The quantitative estimate of drug-likeness (QED) is 0.690. The first-order chi connectivity index (χ1) is 12.0. The molecule has 0 saturated heterocycles. The molecule has 0 fully saturated rings. The number of aromatic nitrogens is 3. The molecule has 2 aromatic carbocycles. The predicted octanol–water partition coefficient (Wildman–Crippen LogP) is 3.86. The van der Waals surface area contributed by atoms with Crippen molar-refractivity contribution in [3.05, 3.63) is 59.1 Å². The first kappa shape index (κ1) is 17.5. The summed E-state index contributed by atoms with van der Waals surface area (Å²) in [7, 11) is 0. The molecular weight excluding hydrogens is 356 g/mol. The maximum atomic E-state index is 11.4. The van der Waals surface area contributed by atoms with Crippen molar-refractivity contribution in [3.8, 4) is 17.1 Å². The molecule has 1 atom stereocenters. The van der Waals surface area contributed by atoms with E-state index in [0.717, 1.165) is 11.3 Å². The summed E-state index contributed by atoms with van der Waals surface area (Å²) in [5, 5.41) is 9.44. The summed E-state index contributed by atoms with van der Waals surface area (Å²) in [6, 6.07) is 15.4. The Balaban J connectivity index is 2.12. The number of hydrogen-bond acceptors (Lipinski definition) is 4. The van der Waals surface area contributed by atoms with Gasteiger partial charge in [-0.25, -0.2) is 0 Å². The van der Waals surface area contributed by atoms with Gasteiger partial charge in [-0.3, -0.25) is 9.36 Å². The number of aryl methyl sites for hydroxylation is 1. The van der Waals surface area contributed by atoms with Gasteiger partial charge in [0, 0.05) is 16.3 Å². The van der Waals surface area contributed by atoms with Crippen molar-refractivity contribution in [2.45, 2.75) is 24.3 Å². The van der Waals surface area contributed by atoms with Gasteiger partial charge in [-0.05, 0) is 38.1 Å². The van der Waals surface area contributed by atoms with Crippen LogP contribution in [0.4, 0.5) is 0 Å². The molecule has 1 aromatic heterocycles. The van der Waals surface area contributed by atoms with Crippen LogP contribution in [0.3, 0.4) is 0 Å². The van der Waals surface area contributed by atoms with E-state index in [2.05, 4.69) is 10.2 Å². The average molecular weight is 373 g/mol. The third kappa shape index (κ3) is 3.86. The van der Waals surface area contributed by atoms with Crippen LogP contribution < -0.4 is 5.73 Å². The fraction of sp³-hybridized carbons (Fsp3) is 0.167. The van der Waals surface area contributed by atoms with E-state index >= 15 is 0 Å². The third-order valence-corrected chi connectivity index (χ3v) is 5.02. The molecular formula is C18H17ClN4OS. The summed E-state index contributed by atoms with van der Waals surface area (Å²) in [4.78, 5) is 11.4.